The zero-order chi connectivity index (χ0) is 21.0. The van der Waals surface area contributed by atoms with Crippen LogP contribution in [0.3, 0.4) is 0 Å². The summed E-state index contributed by atoms with van der Waals surface area (Å²) in [5, 5.41) is 3.83. The maximum atomic E-state index is 12.5. The van der Waals surface area contributed by atoms with Crippen molar-refractivity contribution in [2.24, 2.45) is 9.98 Å². The number of piperidine rings is 1. The van der Waals surface area contributed by atoms with Crippen LogP contribution in [0, 0.1) is 6.92 Å². The van der Waals surface area contributed by atoms with Crippen LogP contribution < -0.4 is 5.32 Å². The van der Waals surface area contributed by atoms with Gasteiger partial charge in [0.25, 0.3) is 0 Å². The van der Waals surface area contributed by atoms with Crippen LogP contribution >= 0.6 is 11.8 Å². The molecule has 1 amide bonds. The lowest BCUT2D eigenvalue weighted by Gasteiger charge is -2.34. The van der Waals surface area contributed by atoms with Gasteiger partial charge in [0.2, 0.25) is 5.91 Å². The molecule has 1 fully saturated rings. The molecule has 30 heavy (non-hydrogen) atoms. The number of rotatable bonds is 5. The molecule has 0 bridgehead atoms. The molecular formula is C24H28N4OS. The number of hydrogen-bond donors (Lipinski definition) is 1. The summed E-state index contributed by atoms with van der Waals surface area (Å²) in [6, 6.07) is 18.0. The van der Waals surface area contributed by atoms with Gasteiger partial charge in [-0.2, -0.15) is 0 Å². The number of hydrogen-bond acceptors (Lipinski definition) is 5. The van der Waals surface area contributed by atoms with E-state index in [1.165, 1.54) is 17.3 Å². The van der Waals surface area contributed by atoms with Crippen molar-refractivity contribution in [2.45, 2.75) is 32.4 Å². The Morgan fingerprint density at radius 1 is 1.07 bits per heavy atom. The number of thioether (sulfide) groups is 1. The van der Waals surface area contributed by atoms with Crippen LogP contribution in [0.5, 0.6) is 0 Å². The van der Waals surface area contributed by atoms with E-state index in [0.717, 1.165) is 54.5 Å². The Bertz CT molecular complexity index is 945. The zero-order valence-corrected chi connectivity index (χ0v) is 18.4. The van der Waals surface area contributed by atoms with Crippen LogP contribution in [-0.2, 0) is 4.79 Å². The molecule has 0 aromatic heterocycles. The molecule has 2 heterocycles. The van der Waals surface area contributed by atoms with E-state index in [1.54, 1.807) is 0 Å². The van der Waals surface area contributed by atoms with Crippen molar-refractivity contribution < 1.29 is 4.79 Å². The van der Waals surface area contributed by atoms with E-state index in [4.69, 9.17) is 9.98 Å². The molecule has 4 rings (SSSR count). The Balaban J connectivity index is 1.51. The highest BCUT2D eigenvalue weighted by Gasteiger charge is 2.39. The predicted molar refractivity (Wildman–Crippen MR) is 127 cm³/mol. The maximum absolute atomic E-state index is 12.5. The summed E-state index contributed by atoms with van der Waals surface area (Å²) in [4.78, 5) is 25.1. The second kappa shape index (κ2) is 9.14. The van der Waals surface area contributed by atoms with Gasteiger partial charge >= 0.3 is 0 Å². The van der Waals surface area contributed by atoms with Gasteiger partial charge in [0.1, 0.15) is 5.04 Å². The Labute approximate surface area is 182 Å². The Kier molecular flexibility index (Phi) is 6.35. The first kappa shape index (κ1) is 20.8. The topological polar surface area (TPSA) is 57.1 Å². The third-order valence-corrected chi connectivity index (χ3v) is 6.62. The van der Waals surface area contributed by atoms with E-state index in [-0.39, 0.29) is 11.6 Å². The number of amides is 1. The summed E-state index contributed by atoms with van der Waals surface area (Å²) in [5.41, 5.74) is 3.66. The average Bonchev–Trinajstić information content (AvgIpc) is 3.12. The number of para-hydroxylation sites is 1. The average molecular weight is 421 g/mol. The van der Waals surface area contributed by atoms with Crippen LogP contribution in [0.4, 0.5) is 5.69 Å². The minimum Gasteiger partial charge on any atom is -0.325 e. The van der Waals surface area contributed by atoms with E-state index in [1.807, 2.05) is 30.3 Å². The van der Waals surface area contributed by atoms with Gasteiger partial charge in [0.05, 0.1) is 11.5 Å². The number of aryl methyl sites for hydroxylation is 1. The highest BCUT2D eigenvalue weighted by molar-refractivity contribution is 8.16. The molecule has 1 N–H and O–H groups in total. The van der Waals surface area contributed by atoms with Gasteiger partial charge in [-0.15, -0.1) is 0 Å². The van der Waals surface area contributed by atoms with Crippen LogP contribution in [0.2, 0.25) is 0 Å². The number of likely N-dealkylation sites (tertiary alicyclic amines) is 1. The Morgan fingerprint density at radius 3 is 2.43 bits per heavy atom. The minimum atomic E-state index is -0.371. The lowest BCUT2D eigenvalue weighted by atomic mass is 9.98. The predicted octanol–water partition coefficient (Wildman–Crippen LogP) is 4.38. The van der Waals surface area contributed by atoms with Gasteiger partial charge < -0.3 is 10.2 Å². The number of nitrogens with one attached hydrogen (secondary N) is 1. The molecule has 0 saturated carbocycles. The third kappa shape index (κ3) is 4.82. The fraction of sp³-hybridized carbons (Fsp3) is 0.375. The highest BCUT2D eigenvalue weighted by atomic mass is 32.2. The second-order valence-corrected chi connectivity index (χ2v) is 8.83. The van der Waals surface area contributed by atoms with Crippen LogP contribution in [0.15, 0.2) is 64.6 Å². The quantitative estimate of drug-likeness (QED) is 0.781. The molecular weight excluding hydrogens is 392 g/mol. The normalized spacial score (nSPS) is 18.2. The Morgan fingerprint density at radius 2 is 1.77 bits per heavy atom. The van der Waals surface area contributed by atoms with Gasteiger partial charge in [0.15, 0.2) is 5.66 Å². The zero-order valence-electron chi connectivity index (χ0n) is 17.6. The molecule has 6 heteroatoms. The van der Waals surface area contributed by atoms with E-state index in [2.05, 4.69) is 48.3 Å². The smallest absolute Gasteiger partial charge is 0.234 e. The first-order valence-corrected chi connectivity index (χ1v) is 11.5. The molecule has 2 aromatic carbocycles. The lowest BCUT2D eigenvalue weighted by Crippen LogP contribution is -2.41. The van der Waals surface area contributed by atoms with Crippen LogP contribution in [0.25, 0.3) is 0 Å². The lowest BCUT2D eigenvalue weighted by molar-refractivity contribution is -0.113. The molecule has 0 atom stereocenters. The fourth-order valence-electron chi connectivity index (χ4n) is 3.83. The molecule has 0 aliphatic carbocycles. The molecule has 1 spiro atoms. The van der Waals surface area contributed by atoms with Crippen molar-refractivity contribution in [3.63, 3.8) is 0 Å². The Hall–Kier alpha value is -2.44. The van der Waals surface area contributed by atoms with Gasteiger partial charge in [0, 0.05) is 37.2 Å². The van der Waals surface area contributed by atoms with E-state index in [9.17, 15) is 4.79 Å². The van der Waals surface area contributed by atoms with Crippen molar-refractivity contribution in [3.8, 4) is 0 Å². The van der Waals surface area contributed by atoms with Gasteiger partial charge in [-0.3, -0.25) is 9.79 Å². The van der Waals surface area contributed by atoms with Crippen molar-refractivity contribution in [3.05, 3.63) is 65.7 Å². The molecule has 156 valence electrons. The number of nitrogens with zero attached hydrogens (tertiary/aromatic N) is 3. The molecule has 5 nitrogen and oxygen atoms in total. The van der Waals surface area contributed by atoms with Gasteiger partial charge in [-0.25, -0.2) is 4.99 Å². The van der Waals surface area contributed by atoms with Crippen LogP contribution in [-0.4, -0.2) is 52.6 Å². The third-order valence-electron chi connectivity index (χ3n) is 5.66. The largest absolute Gasteiger partial charge is 0.325 e. The monoisotopic (exact) mass is 420 g/mol. The SMILES string of the molecule is CCN1CCC2(CC1)N=C(SCC(=O)Nc1ccccc1)C(c1ccc(C)cc1)=N2. The molecule has 2 aliphatic rings. The fourth-order valence-corrected chi connectivity index (χ4v) is 4.70. The summed E-state index contributed by atoms with van der Waals surface area (Å²) in [6.07, 6.45) is 1.85. The number of aliphatic imine (C=N–C) groups is 2. The van der Waals surface area contributed by atoms with Crippen molar-refractivity contribution in [1.29, 1.82) is 0 Å². The van der Waals surface area contributed by atoms with Crippen molar-refractivity contribution in [1.82, 2.24) is 4.90 Å². The summed E-state index contributed by atoms with van der Waals surface area (Å²) in [5.74, 6) is 0.286. The van der Waals surface area contributed by atoms with E-state index < -0.39 is 0 Å². The standard InChI is InChI=1S/C24H28N4OS/c1-3-28-15-13-24(14-16-28)26-22(19-11-9-18(2)10-12-19)23(27-24)30-17-21(29)25-20-7-5-4-6-8-20/h4-12H,3,13-17H2,1-2H3,(H,25,29). The number of carbonyl (C=O) groups is 1. The van der Waals surface area contributed by atoms with E-state index >= 15 is 0 Å². The number of anilines is 1. The summed E-state index contributed by atoms with van der Waals surface area (Å²) in [7, 11) is 0. The first-order valence-electron chi connectivity index (χ1n) is 10.5. The molecule has 2 aliphatic heterocycles. The summed E-state index contributed by atoms with van der Waals surface area (Å²) in [6.45, 7) is 7.37. The number of benzene rings is 2. The van der Waals surface area contributed by atoms with Crippen molar-refractivity contribution >= 4 is 34.1 Å². The summed E-state index contributed by atoms with van der Waals surface area (Å²) < 4.78 is 0. The van der Waals surface area contributed by atoms with Gasteiger partial charge in [-0.05, 0) is 25.6 Å². The number of carbonyl (C=O) groups excluding carboxylic acids is 1. The molecule has 0 radical (unpaired) electrons. The molecule has 1 saturated heterocycles. The van der Waals surface area contributed by atoms with Crippen LogP contribution in [0.1, 0.15) is 30.9 Å². The van der Waals surface area contributed by atoms with Gasteiger partial charge in [-0.1, -0.05) is 66.7 Å². The molecule has 0 unspecified atom stereocenters. The van der Waals surface area contributed by atoms with E-state index in [0.29, 0.717) is 5.75 Å². The second-order valence-electron chi connectivity index (χ2n) is 7.86. The van der Waals surface area contributed by atoms with Crippen molar-refractivity contribution in [2.75, 3.05) is 30.7 Å². The highest BCUT2D eigenvalue weighted by Crippen LogP contribution is 2.35. The minimum absolute atomic E-state index is 0.0288. The maximum Gasteiger partial charge on any atom is 0.234 e. The summed E-state index contributed by atoms with van der Waals surface area (Å²) >= 11 is 1.49. The first-order chi connectivity index (χ1) is 14.6. The molecule has 2 aromatic rings.